The second-order valence-corrected chi connectivity index (χ2v) is 10.00. The number of hydrazone groups is 1. The summed E-state index contributed by atoms with van der Waals surface area (Å²) >= 11 is 25.4. The number of phenolic OH excluding ortho intramolecular Hbond substituents is 1. The lowest BCUT2D eigenvalue weighted by atomic mass is 9.95. The van der Waals surface area contributed by atoms with E-state index in [2.05, 4.69) is 30.3 Å². The van der Waals surface area contributed by atoms with Crippen LogP contribution >= 0.6 is 46.4 Å². The Morgan fingerprint density at radius 3 is 2.32 bits per heavy atom. The van der Waals surface area contributed by atoms with E-state index in [1.54, 1.807) is 12.1 Å². The molecule has 4 nitrogen and oxygen atoms in total. The van der Waals surface area contributed by atoms with Crippen molar-refractivity contribution < 1.29 is 9.84 Å². The number of rotatable bonds is 2. The van der Waals surface area contributed by atoms with Gasteiger partial charge in [0.2, 0.25) is 6.23 Å². The number of benzene rings is 4. The number of aromatic hydroxyl groups is 1. The molecule has 6 rings (SSSR count). The van der Waals surface area contributed by atoms with Gasteiger partial charge in [0.05, 0.1) is 27.4 Å². The first-order valence-corrected chi connectivity index (χ1v) is 12.1. The maximum Gasteiger partial charge on any atom is 0.217 e. The van der Waals surface area contributed by atoms with E-state index in [0.29, 0.717) is 32.8 Å². The van der Waals surface area contributed by atoms with E-state index in [1.165, 1.54) is 6.07 Å². The molecule has 0 spiro atoms. The molecule has 0 unspecified atom stereocenters. The minimum absolute atomic E-state index is 0.113. The van der Waals surface area contributed by atoms with Crippen molar-refractivity contribution in [2.45, 2.75) is 18.7 Å². The monoisotopic (exact) mass is 528 g/mol. The van der Waals surface area contributed by atoms with Crippen molar-refractivity contribution >= 4 is 62.9 Å². The number of fused-ring (bicyclic) bond motifs is 4. The molecular formula is C26H16Cl4N2O2. The summed E-state index contributed by atoms with van der Waals surface area (Å²) in [5, 5.41) is 21.2. The largest absolute Gasteiger partial charge is 0.506 e. The van der Waals surface area contributed by atoms with E-state index < -0.39 is 6.23 Å². The van der Waals surface area contributed by atoms with Crippen LogP contribution in [-0.4, -0.2) is 15.8 Å². The Morgan fingerprint density at radius 1 is 0.824 bits per heavy atom. The van der Waals surface area contributed by atoms with Crippen LogP contribution in [0.25, 0.3) is 10.8 Å². The second-order valence-electron chi connectivity index (χ2n) is 8.31. The zero-order valence-electron chi connectivity index (χ0n) is 17.5. The Balaban J connectivity index is 1.51. The van der Waals surface area contributed by atoms with Gasteiger partial charge in [-0.25, -0.2) is 5.01 Å². The molecule has 0 aliphatic carbocycles. The van der Waals surface area contributed by atoms with E-state index in [0.717, 1.165) is 27.6 Å². The molecular weight excluding hydrogens is 514 g/mol. The molecule has 0 aromatic heterocycles. The first-order valence-electron chi connectivity index (χ1n) is 10.6. The maximum atomic E-state index is 10.8. The van der Waals surface area contributed by atoms with Crippen molar-refractivity contribution in [3.63, 3.8) is 0 Å². The fourth-order valence-corrected chi connectivity index (χ4v) is 5.70. The van der Waals surface area contributed by atoms with Gasteiger partial charge in [0.25, 0.3) is 0 Å². The zero-order valence-corrected chi connectivity index (χ0v) is 20.5. The number of hydrogen-bond acceptors (Lipinski definition) is 4. The average molecular weight is 530 g/mol. The van der Waals surface area contributed by atoms with Crippen LogP contribution in [0.1, 0.15) is 35.4 Å². The van der Waals surface area contributed by atoms with Gasteiger partial charge in [-0.05, 0) is 46.7 Å². The van der Waals surface area contributed by atoms with E-state index in [4.69, 9.17) is 56.2 Å². The first-order chi connectivity index (χ1) is 16.4. The third-order valence-electron chi connectivity index (χ3n) is 6.21. The van der Waals surface area contributed by atoms with Gasteiger partial charge in [-0.2, -0.15) is 5.10 Å². The van der Waals surface area contributed by atoms with Gasteiger partial charge >= 0.3 is 0 Å². The summed E-state index contributed by atoms with van der Waals surface area (Å²) < 4.78 is 6.31. The molecule has 4 aromatic rings. The summed E-state index contributed by atoms with van der Waals surface area (Å²) in [6, 6.07) is 20.9. The van der Waals surface area contributed by atoms with Gasteiger partial charge in [0, 0.05) is 22.0 Å². The molecule has 0 saturated heterocycles. The maximum absolute atomic E-state index is 10.8. The Labute approximate surface area is 215 Å². The number of ether oxygens (including phenoxy) is 1. The van der Waals surface area contributed by atoms with Crippen molar-refractivity contribution in [2.75, 3.05) is 0 Å². The highest BCUT2D eigenvalue weighted by Crippen LogP contribution is 2.52. The molecule has 2 aliphatic heterocycles. The SMILES string of the molecule is Oc1c(Cl)cc(Cl)cc1[C@H]1Oc2c(Cl)cc(Cl)cc2[C@H]2CC(c3ccc4ccccc4c3)=NN21. The summed E-state index contributed by atoms with van der Waals surface area (Å²) in [6.07, 6.45) is -0.179. The summed E-state index contributed by atoms with van der Waals surface area (Å²) in [7, 11) is 0. The molecule has 170 valence electrons. The normalized spacial score (nSPS) is 18.9. The minimum Gasteiger partial charge on any atom is -0.506 e. The molecule has 0 amide bonds. The van der Waals surface area contributed by atoms with E-state index in [9.17, 15) is 5.11 Å². The van der Waals surface area contributed by atoms with Crippen LogP contribution in [0, 0.1) is 0 Å². The van der Waals surface area contributed by atoms with Gasteiger partial charge < -0.3 is 9.84 Å². The summed E-state index contributed by atoms with van der Waals surface area (Å²) in [5.41, 5.74) is 3.14. The molecule has 4 aromatic carbocycles. The molecule has 2 atom stereocenters. The van der Waals surface area contributed by atoms with Gasteiger partial charge in [-0.3, -0.25) is 0 Å². The fraction of sp³-hybridized carbons (Fsp3) is 0.115. The van der Waals surface area contributed by atoms with Crippen molar-refractivity contribution in [2.24, 2.45) is 5.10 Å². The third kappa shape index (κ3) is 3.57. The molecule has 1 N–H and O–H groups in total. The Bertz CT molecular complexity index is 1500. The number of nitrogens with zero attached hydrogens (tertiary/aromatic N) is 2. The molecule has 2 heterocycles. The highest BCUT2D eigenvalue weighted by Gasteiger charge is 2.43. The van der Waals surface area contributed by atoms with Crippen LogP contribution in [0.3, 0.4) is 0 Å². The molecule has 0 fully saturated rings. The van der Waals surface area contributed by atoms with Gasteiger partial charge in [-0.15, -0.1) is 0 Å². The van der Waals surface area contributed by atoms with Crippen LogP contribution in [0.15, 0.2) is 71.8 Å². The summed E-state index contributed by atoms with van der Waals surface area (Å²) in [5.74, 6) is 0.389. The van der Waals surface area contributed by atoms with Gasteiger partial charge in [0.15, 0.2) is 0 Å². The fourth-order valence-electron chi connectivity index (χ4n) is 4.64. The van der Waals surface area contributed by atoms with E-state index >= 15 is 0 Å². The number of phenols is 1. The van der Waals surface area contributed by atoms with Crippen molar-refractivity contribution in [3.8, 4) is 11.5 Å². The molecule has 0 bridgehead atoms. The highest BCUT2D eigenvalue weighted by atomic mass is 35.5. The van der Waals surface area contributed by atoms with Crippen molar-refractivity contribution in [1.29, 1.82) is 0 Å². The lowest BCUT2D eigenvalue weighted by Crippen LogP contribution is -2.34. The standard InChI is InChI=1S/C26H16Cl4N2O2/c27-16-8-18-23-12-22(15-6-5-13-3-1-2-4-14(13)7-15)31-32(23)26(34-25(18)21(30)11-16)19-9-17(28)10-20(29)24(19)33/h1-11,23,26,33H,12H2/t23-,26-/m1/s1. The minimum atomic E-state index is -0.787. The zero-order chi connectivity index (χ0) is 23.6. The van der Waals surface area contributed by atoms with Gasteiger partial charge in [0.1, 0.15) is 11.5 Å². The summed E-state index contributed by atoms with van der Waals surface area (Å²) in [4.78, 5) is 0. The molecule has 0 radical (unpaired) electrons. The Hall–Kier alpha value is -2.63. The van der Waals surface area contributed by atoms with Crippen LogP contribution in [0.5, 0.6) is 11.5 Å². The number of halogens is 4. The van der Waals surface area contributed by atoms with Crippen LogP contribution in [0.2, 0.25) is 20.1 Å². The smallest absolute Gasteiger partial charge is 0.217 e. The van der Waals surface area contributed by atoms with Crippen LogP contribution < -0.4 is 4.74 Å². The molecule has 8 heteroatoms. The van der Waals surface area contributed by atoms with Crippen LogP contribution in [-0.2, 0) is 0 Å². The second kappa shape index (κ2) is 8.24. The molecule has 2 aliphatic rings. The predicted octanol–water partition coefficient (Wildman–Crippen LogP) is 8.40. The molecule has 0 saturated carbocycles. The Kier molecular flexibility index (Phi) is 5.30. The third-order valence-corrected chi connectivity index (χ3v) is 7.22. The topological polar surface area (TPSA) is 45.1 Å². The average Bonchev–Trinajstić information content (AvgIpc) is 3.27. The van der Waals surface area contributed by atoms with E-state index in [1.807, 2.05) is 23.2 Å². The lowest BCUT2D eigenvalue weighted by Gasteiger charge is -2.38. The predicted molar refractivity (Wildman–Crippen MR) is 138 cm³/mol. The Morgan fingerprint density at radius 2 is 1.53 bits per heavy atom. The quantitative estimate of drug-likeness (QED) is 0.283. The first kappa shape index (κ1) is 21.9. The van der Waals surface area contributed by atoms with Crippen LogP contribution in [0.4, 0.5) is 0 Å². The van der Waals surface area contributed by atoms with E-state index in [-0.39, 0.29) is 16.8 Å². The van der Waals surface area contributed by atoms with Gasteiger partial charge in [-0.1, -0.05) is 82.8 Å². The lowest BCUT2D eigenvalue weighted by molar-refractivity contribution is -0.0202. The van der Waals surface area contributed by atoms with Crippen molar-refractivity contribution in [3.05, 3.63) is 104 Å². The highest BCUT2D eigenvalue weighted by molar-refractivity contribution is 6.36. The summed E-state index contributed by atoms with van der Waals surface area (Å²) in [6.45, 7) is 0. The number of hydrogen-bond donors (Lipinski definition) is 1. The van der Waals surface area contributed by atoms with Crippen molar-refractivity contribution in [1.82, 2.24) is 5.01 Å². The molecule has 34 heavy (non-hydrogen) atoms.